The predicted octanol–water partition coefficient (Wildman–Crippen LogP) is 1.57. The quantitative estimate of drug-likeness (QED) is 0.369. The third-order valence-corrected chi connectivity index (χ3v) is 2.95. The average molecular weight is 542 g/mol. The maximum absolute atomic E-state index is 11.9. The van der Waals surface area contributed by atoms with Gasteiger partial charge in [0, 0.05) is 17.9 Å². The fraction of sp³-hybridized carbons (Fsp3) is 0. The molecule has 0 fully saturated rings. The van der Waals surface area contributed by atoms with Crippen LogP contribution in [0, 0.1) is 44.4 Å². The molecule has 0 bridgehead atoms. The standard InChI is InChI=1S/C12H9N4O.C4H3N2.U/c1-8-12-10(14-13-8)7-11(17)16(15-12)9-5-3-2-4-6-9;1-2-5-4-6-3-1;/h2-7,14H,1H2;1-3H;/q2*-1;+2. The van der Waals surface area contributed by atoms with Crippen molar-refractivity contribution in [1.82, 2.24) is 29.9 Å². The third kappa shape index (κ3) is 4.10. The Morgan fingerprint density at radius 2 is 1.79 bits per heavy atom. The van der Waals surface area contributed by atoms with Crippen molar-refractivity contribution in [3.63, 3.8) is 0 Å². The number of aromatic nitrogens is 6. The molecule has 4 aromatic rings. The summed E-state index contributed by atoms with van der Waals surface area (Å²) in [6.07, 6.45) is 5.66. The molecule has 4 rings (SSSR count). The minimum absolute atomic E-state index is 0. The van der Waals surface area contributed by atoms with E-state index < -0.39 is 0 Å². The zero-order valence-electron chi connectivity index (χ0n) is 12.5. The van der Waals surface area contributed by atoms with Gasteiger partial charge in [0.15, 0.2) is 0 Å². The van der Waals surface area contributed by atoms with Crippen LogP contribution in [0.2, 0.25) is 0 Å². The number of rotatable bonds is 1. The number of hydrogen-bond acceptors (Lipinski definition) is 5. The molecule has 116 valence electrons. The van der Waals surface area contributed by atoms with E-state index in [1.165, 1.54) is 10.7 Å². The Balaban J connectivity index is 0.000000254. The Morgan fingerprint density at radius 1 is 1.08 bits per heavy atom. The molecule has 7 nitrogen and oxygen atoms in total. The van der Waals surface area contributed by atoms with E-state index in [1.807, 2.05) is 30.3 Å². The number of H-pyrrole nitrogens is 1. The van der Waals surface area contributed by atoms with Crippen molar-refractivity contribution in [3.8, 4) is 5.69 Å². The second-order valence-corrected chi connectivity index (χ2v) is 4.51. The second kappa shape index (κ2) is 8.43. The zero-order valence-corrected chi connectivity index (χ0v) is 16.7. The zero-order chi connectivity index (χ0) is 16.1. The van der Waals surface area contributed by atoms with Crippen molar-refractivity contribution in [2.45, 2.75) is 0 Å². The summed E-state index contributed by atoms with van der Waals surface area (Å²) >= 11 is 0. The van der Waals surface area contributed by atoms with Gasteiger partial charge in [-0.1, -0.05) is 36.3 Å². The van der Waals surface area contributed by atoms with Crippen LogP contribution in [0.1, 0.15) is 5.69 Å². The molecule has 1 aromatic carbocycles. The van der Waals surface area contributed by atoms with E-state index >= 15 is 0 Å². The molecule has 0 amide bonds. The van der Waals surface area contributed by atoms with Gasteiger partial charge < -0.3 is 9.97 Å². The number of aromatic amines is 1. The second-order valence-electron chi connectivity index (χ2n) is 4.51. The smallest absolute Gasteiger partial charge is 0.374 e. The van der Waals surface area contributed by atoms with Crippen LogP contribution >= 0.6 is 0 Å². The van der Waals surface area contributed by atoms with E-state index in [4.69, 9.17) is 0 Å². The topological polar surface area (TPSA) is 89.4 Å². The Bertz CT molecular complexity index is 926. The molecule has 1 N–H and O–H groups in total. The van der Waals surface area contributed by atoms with Crippen molar-refractivity contribution >= 4 is 11.0 Å². The molecule has 3 heterocycles. The Kier molecular flexibility index (Phi) is 6.29. The van der Waals surface area contributed by atoms with Crippen LogP contribution in [0.15, 0.2) is 59.7 Å². The summed E-state index contributed by atoms with van der Waals surface area (Å²) in [6, 6.07) is 12.5. The molecule has 0 aliphatic rings. The van der Waals surface area contributed by atoms with Crippen molar-refractivity contribution in [2.24, 2.45) is 0 Å². The summed E-state index contributed by atoms with van der Waals surface area (Å²) in [5.74, 6) is 0. The molecule has 0 radical (unpaired) electrons. The van der Waals surface area contributed by atoms with Gasteiger partial charge in [-0.3, -0.25) is 15.0 Å². The van der Waals surface area contributed by atoms with Crippen LogP contribution < -0.4 is 5.56 Å². The minimum Gasteiger partial charge on any atom is -0.374 e. The van der Waals surface area contributed by atoms with Gasteiger partial charge in [-0.15, -0.1) is 6.07 Å². The van der Waals surface area contributed by atoms with E-state index in [0.29, 0.717) is 16.7 Å². The fourth-order valence-corrected chi connectivity index (χ4v) is 1.91. The monoisotopic (exact) mass is 542 g/mol. The average Bonchev–Trinajstić information content (AvgIpc) is 2.97. The van der Waals surface area contributed by atoms with Gasteiger partial charge >= 0.3 is 31.1 Å². The van der Waals surface area contributed by atoms with Crippen molar-refractivity contribution in [3.05, 3.63) is 84.2 Å². The maximum atomic E-state index is 11.9. The number of hydrogen-bond donors (Lipinski definition) is 1. The molecule has 0 atom stereocenters. The molecule has 24 heavy (non-hydrogen) atoms. The predicted molar refractivity (Wildman–Crippen MR) is 84.8 cm³/mol. The van der Waals surface area contributed by atoms with Gasteiger partial charge in [0.05, 0.1) is 5.69 Å². The molecule has 0 saturated carbocycles. The summed E-state index contributed by atoms with van der Waals surface area (Å²) in [5.41, 5.74) is 2.26. The first-order valence-electron chi connectivity index (χ1n) is 6.74. The van der Waals surface area contributed by atoms with E-state index in [-0.39, 0.29) is 36.7 Å². The van der Waals surface area contributed by atoms with Crippen molar-refractivity contribution < 1.29 is 31.1 Å². The number of para-hydroxylation sites is 1. The van der Waals surface area contributed by atoms with Gasteiger partial charge in [0.1, 0.15) is 0 Å². The summed E-state index contributed by atoms with van der Waals surface area (Å²) < 4.78 is 1.34. The molecule has 3 aromatic heterocycles. The van der Waals surface area contributed by atoms with Gasteiger partial charge in [-0.2, -0.15) is 0 Å². The first kappa shape index (κ1) is 17.9. The van der Waals surface area contributed by atoms with Crippen LogP contribution in [-0.2, 0) is 0 Å². The van der Waals surface area contributed by atoms with E-state index in [9.17, 15) is 4.79 Å². The first-order valence-corrected chi connectivity index (χ1v) is 6.74. The Hall–Kier alpha value is -2.43. The Morgan fingerprint density at radius 3 is 2.38 bits per heavy atom. The van der Waals surface area contributed by atoms with E-state index in [2.05, 4.69) is 38.5 Å². The van der Waals surface area contributed by atoms with Gasteiger partial charge in [0.25, 0.3) is 5.56 Å². The number of fused-ring (bicyclic) bond motifs is 1. The molecular formula is C16H12N6OU. The normalized spacial score (nSPS) is 9.67. The molecule has 0 aliphatic carbocycles. The maximum Gasteiger partial charge on any atom is 2.00 e. The van der Waals surface area contributed by atoms with Gasteiger partial charge in [-0.25, -0.2) is 16.7 Å². The largest absolute Gasteiger partial charge is 2.00 e. The Labute approximate surface area is 161 Å². The summed E-state index contributed by atoms with van der Waals surface area (Å²) in [6.45, 7) is 3.75. The SMILES string of the molecule is [CH2-]c1n[nH]c2cc(=O)n(-c3ccccc3)nc12.[U+2].[c-]1ncccn1. The van der Waals surface area contributed by atoms with Gasteiger partial charge in [0.2, 0.25) is 0 Å². The van der Waals surface area contributed by atoms with Crippen LogP contribution in [0.3, 0.4) is 0 Å². The summed E-state index contributed by atoms with van der Waals surface area (Å²) in [4.78, 5) is 19.0. The number of benzene rings is 1. The number of nitrogens with one attached hydrogen (secondary N) is 1. The molecule has 8 heteroatoms. The first-order chi connectivity index (χ1) is 11.3. The molecule has 0 aliphatic heterocycles. The number of nitrogens with zero attached hydrogens (tertiary/aromatic N) is 5. The van der Waals surface area contributed by atoms with Crippen LogP contribution in [0.5, 0.6) is 0 Å². The minimum atomic E-state index is -0.202. The summed E-state index contributed by atoms with van der Waals surface area (Å²) in [5, 5.41) is 10.9. The third-order valence-electron chi connectivity index (χ3n) is 2.95. The van der Waals surface area contributed by atoms with Crippen LogP contribution in [-0.4, -0.2) is 29.9 Å². The van der Waals surface area contributed by atoms with Crippen LogP contribution in [0.4, 0.5) is 0 Å². The molecular weight excluding hydrogens is 530 g/mol. The molecule has 0 saturated heterocycles. The van der Waals surface area contributed by atoms with Crippen molar-refractivity contribution in [1.29, 1.82) is 0 Å². The molecule has 0 unspecified atom stereocenters. The van der Waals surface area contributed by atoms with E-state index in [1.54, 1.807) is 18.5 Å². The van der Waals surface area contributed by atoms with E-state index in [0.717, 1.165) is 5.69 Å². The van der Waals surface area contributed by atoms with Gasteiger partial charge in [-0.05, 0) is 17.6 Å². The molecule has 0 spiro atoms. The summed E-state index contributed by atoms with van der Waals surface area (Å²) in [7, 11) is 0. The fourth-order valence-electron chi connectivity index (χ4n) is 1.91. The van der Waals surface area contributed by atoms with Crippen LogP contribution in [0.25, 0.3) is 16.7 Å². The van der Waals surface area contributed by atoms with Crippen molar-refractivity contribution in [2.75, 3.05) is 0 Å².